The topological polar surface area (TPSA) is 88.0 Å². The van der Waals surface area contributed by atoms with Gasteiger partial charge >= 0.3 is 5.76 Å². The summed E-state index contributed by atoms with van der Waals surface area (Å²) in [7, 11) is 0. The molecule has 3 aromatic rings. The smallest absolute Gasteiger partial charge is 0.322 e. The Morgan fingerprint density at radius 3 is 2.83 bits per heavy atom. The lowest BCUT2D eigenvalue weighted by Gasteiger charge is -2.08. The SMILES string of the molecule is O=C(Nc1cccc(-c2noc(=O)[nH]2)c1)c1cc(Br)ccc1I. The van der Waals surface area contributed by atoms with Crippen LogP contribution in [0, 0.1) is 3.57 Å². The van der Waals surface area contributed by atoms with E-state index in [0.717, 1.165) is 8.04 Å². The summed E-state index contributed by atoms with van der Waals surface area (Å²) in [6, 6.07) is 12.5. The van der Waals surface area contributed by atoms with Crippen LogP contribution in [-0.2, 0) is 0 Å². The molecule has 116 valence electrons. The summed E-state index contributed by atoms with van der Waals surface area (Å²) in [5.74, 6) is -0.539. The van der Waals surface area contributed by atoms with Crippen LogP contribution in [0.3, 0.4) is 0 Å². The van der Waals surface area contributed by atoms with Crippen LogP contribution in [-0.4, -0.2) is 16.0 Å². The number of hydrogen-bond donors (Lipinski definition) is 2. The molecule has 0 aliphatic carbocycles. The molecule has 2 N–H and O–H groups in total. The van der Waals surface area contributed by atoms with E-state index in [9.17, 15) is 9.59 Å². The maximum atomic E-state index is 12.4. The molecule has 0 aliphatic heterocycles. The number of hydrogen-bond acceptors (Lipinski definition) is 4. The highest BCUT2D eigenvalue weighted by Crippen LogP contribution is 2.22. The van der Waals surface area contributed by atoms with E-state index in [0.29, 0.717) is 22.6 Å². The lowest BCUT2D eigenvalue weighted by Crippen LogP contribution is -2.13. The predicted octanol–water partition coefficient (Wildman–Crippen LogP) is 3.65. The van der Waals surface area contributed by atoms with Gasteiger partial charge in [-0.2, -0.15) is 0 Å². The summed E-state index contributed by atoms with van der Waals surface area (Å²) in [5.41, 5.74) is 1.80. The third-order valence-electron chi connectivity index (χ3n) is 3.01. The molecule has 0 radical (unpaired) electrons. The van der Waals surface area contributed by atoms with E-state index >= 15 is 0 Å². The van der Waals surface area contributed by atoms with Gasteiger partial charge < -0.3 is 5.32 Å². The molecular weight excluding hydrogens is 477 g/mol. The van der Waals surface area contributed by atoms with Gasteiger partial charge in [-0.3, -0.25) is 14.3 Å². The molecule has 1 aromatic heterocycles. The number of nitrogens with zero attached hydrogens (tertiary/aromatic N) is 1. The summed E-state index contributed by atoms with van der Waals surface area (Å²) >= 11 is 5.47. The number of carbonyl (C=O) groups is 1. The summed E-state index contributed by atoms with van der Waals surface area (Å²) in [6.07, 6.45) is 0. The third-order valence-corrected chi connectivity index (χ3v) is 4.44. The van der Waals surface area contributed by atoms with Gasteiger partial charge in [-0.15, -0.1) is 0 Å². The van der Waals surface area contributed by atoms with Gasteiger partial charge in [0.25, 0.3) is 5.91 Å². The van der Waals surface area contributed by atoms with E-state index in [1.165, 1.54) is 0 Å². The van der Waals surface area contributed by atoms with Crippen LogP contribution in [0.2, 0.25) is 0 Å². The van der Waals surface area contributed by atoms with E-state index in [-0.39, 0.29) is 5.91 Å². The van der Waals surface area contributed by atoms with Crippen LogP contribution in [0.15, 0.2) is 56.3 Å². The molecule has 0 aliphatic rings. The first-order valence-corrected chi connectivity index (χ1v) is 8.33. The van der Waals surface area contributed by atoms with Gasteiger partial charge in [0.15, 0.2) is 5.82 Å². The second-order valence-corrected chi connectivity index (χ2v) is 6.68. The highest BCUT2D eigenvalue weighted by atomic mass is 127. The normalized spacial score (nSPS) is 10.5. The number of anilines is 1. The fourth-order valence-electron chi connectivity index (χ4n) is 1.97. The Kier molecular flexibility index (Phi) is 4.62. The van der Waals surface area contributed by atoms with Crippen LogP contribution in [0.25, 0.3) is 11.4 Å². The van der Waals surface area contributed by atoms with Crippen LogP contribution in [0.1, 0.15) is 10.4 Å². The van der Waals surface area contributed by atoms with E-state index in [4.69, 9.17) is 0 Å². The molecule has 1 amide bonds. The predicted molar refractivity (Wildman–Crippen MR) is 97.4 cm³/mol. The third kappa shape index (κ3) is 3.70. The molecular formula is C15H9BrIN3O3. The Morgan fingerprint density at radius 1 is 1.26 bits per heavy atom. The van der Waals surface area contributed by atoms with Crippen molar-refractivity contribution in [3.63, 3.8) is 0 Å². The first-order valence-electron chi connectivity index (χ1n) is 6.46. The Bertz CT molecular complexity index is 935. The van der Waals surface area contributed by atoms with Gasteiger partial charge in [0.2, 0.25) is 0 Å². The Balaban J connectivity index is 1.87. The van der Waals surface area contributed by atoms with Crippen molar-refractivity contribution >= 4 is 50.1 Å². The van der Waals surface area contributed by atoms with Crippen molar-refractivity contribution in [2.75, 3.05) is 5.32 Å². The Labute approximate surface area is 152 Å². The van der Waals surface area contributed by atoms with Crippen LogP contribution < -0.4 is 11.1 Å². The monoisotopic (exact) mass is 485 g/mol. The first kappa shape index (κ1) is 15.9. The summed E-state index contributed by atoms with van der Waals surface area (Å²) < 4.78 is 6.16. The molecule has 0 unspecified atom stereocenters. The molecule has 0 spiro atoms. The molecule has 6 nitrogen and oxygen atoms in total. The minimum Gasteiger partial charge on any atom is -0.322 e. The van der Waals surface area contributed by atoms with Gasteiger partial charge in [-0.05, 0) is 52.9 Å². The Morgan fingerprint density at radius 2 is 2.09 bits per heavy atom. The molecule has 2 aromatic carbocycles. The molecule has 1 heterocycles. The highest BCUT2D eigenvalue weighted by Gasteiger charge is 2.12. The molecule has 8 heteroatoms. The van der Waals surface area contributed by atoms with Crippen LogP contribution in [0.4, 0.5) is 5.69 Å². The number of rotatable bonds is 3. The van der Waals surface area contributed by atoms with Crippen molar-refractivity contribution in [2.24, 2.45) is 0 Å². The lowest BCUT2D eigenvalue weighted by molar-refractivity contribution is 0.102. The van der Waals surface area contributed by atoms with Gasteiger partial charge in [0.05, 0.1) is 5.56 Å². The molecule has 0 fully saturated rings. The van der Waals surface area contributed by atoms with E-state index in [1.54, 1.807) is 30.3 Å². The molecule has 0 saturated carbocycles. The van der Waals surface area contributed by atoms with E-state index < -0.39 is 5.76 Å². The number of H-pyrrole nitrogens is 1. The zero-order valence-corrected chi connectivity index (χ0v) is 15.2. The fraction of sp³-hybridized carbons (Fsp3) is 0. The largest absolute Gasteiger partial charge is 0.439 e. The molecule has 3 rings (SSSR count). The number of aromatic nitrogens is 2. The van der Waals surface area contributed by atoms with Gasteiger partial charge in [-0.25, -0.2) is 4.79 Å². The quantitative estimate of drug-likeness (QED) is 0.554. The fourth-order valence-corrected chi connectivity index (χ4v) is 2.91. The first-order chi connectivity index (χ1) is 11.0. The van der Waals surface area contributed by atoms with Crippen molar-refractivity contribution in [3.8, 4) is 11.4 Å². The molecule has 0 saturated heterocycles. The minimum absolute atomic E-state index is 0.221. The maximum absolute atomic E-state index is 12.4. The number of benzene rings is 2. The average Bonchev–Trinajstić information content (AvgIpc) is 2.96. The molecule has 23 heavy (non-hydrogen) atoms. The number of nitrogens with one attached hydrogen (secondary N) is 2. The summed E-state index contributed by atoms with van der Waals surface area (Å²) in [4.78, 5) is 25.9. The molecule has 0 bridgehead atoms. The van der Waals surface area contributed by atoms with Crippen molar-refractivity contribution in [1.29, 1.82) is 0 Å². The minimum atomic E-state index is -0.627. The summed E-state index contributed by atoms with van der Waals surface area (Å²) in [5, 5.41) is 6.46. The second kappa shape index (κ2) is 6.67. The van der Waals surface area contributed by atoms with Crippen LogP contribution >= 0.6 is 38.5 Å². The van der Waals surface area contributed by atoms with E-state index in [2.05, 4.69) is 58.5 Å². The van der Waals surface area contributed by atoms with E-state index in [1.807, 2.05) is 12.1 Å². The van der Waals surface area contributed by atoms with Crippen molar-refractivity contribution < 1.29 is 9.32 Å². The van der Waals surface area contributed by atoms with Crippen LogP contribution in [0.5, 0.6) is 0 Å². The summed E-state index contributed by atoms with van der Waals surface area (Å²) in [6.45, 7) is 0. The molecule has 0 atom stereocenters. The highest BCUT2D eigenvalue weighted by molar-refractivity contribution is 14.1. The second-order valence-electron chi connectivity index (χ2n) is 4.60. The number of halogens is 2. The van der Waals surface area contributed by atoms with Crippen molar-refractivity contribution in [1.82, 2.24) is 10.1 Å². The maximum Gasteiger partial charge on any atom is 0.439 e. The average molecular weight is 486 g/mol. The lowest BCUT2D eigenvalue weighted by atomic mass is 10.1. The van der Waals surface area contributed by atoms with Gasteiger partial charge in [0.1, 0.15) is 0 Å². The standard InChI is InChI=1S/C15H9BrIN3O3/c16-9-4-5-12(17)11(7-9)14(21)18-10-3-1-2-8(6-10)13-19-15(22)23-20-13/h1-7H,(H,18,21)(H,19,20,22). The zero-order valence-electron chi connectivity index (χ0n) is 11.5. The number of carbonyl (C=O) groups excluding carboxylic acids is 1. The van der Waals surface area contributed by atoms with Crippen molar-refractivity contribution in [2.45, 2.75) is 0 Å². The number of aromatic amines is 1. The van der Waals surface area contributed by atoms with Gasteiger partial charge in [-0.1, -0.05) is 33.2 Å². The zero-order chi connectivity index (χ0) is 16.4. The Hall–Kier alpha value is -1.94. The number of amides is 1. The van der Waals surface area contributed by atoms with Gasteiger partial charge in [0, 0.05) is 19.3 Å². The van der Waals surface area contributed by atoms with Crippen molar-refractivity contribution in [3.05, 3.63) is 66.6 Å².